The van der Waals surface area contributed by atoms with Crippen molar-refractivity contribution in [2.75, 3.05) is 23.4 Å². The van der Waals surface area contributed by atoms with Crippen LogP contribution in [0.15, 0.2) is 66.7 Å². The molecule has 0 atom stereocenters. The van der Waals surface area contributed by atoms with E-state index in [1.165, 1.54) is 12.1 Å². The second-order valence-electron chi connectivity index (χ2n) is 7.81. The van der Waals surface area contributed by atoms with E-state index in [4.69, 9.17) is 4.74 Å². The van der Waals surface area contributed by atoms with Gasteiger partial charge < -0.3 is 19.9 Å². The van der Waals surface area contributed by atoms with Gasteiger partial charge in [-0.3, -0.25) is 9.59 Å². The zero-order valence-corrected chi connectivity index (χ0v) is 17.7. The van der Waals surface area contributed by atoms with Crippen LogP contribution in [0.4, 0.5) is 15.8 Å². The fourth-order valence-corrected chi connectivity index (χ4v) is 3.85. The number of nitrogens with one attached hydrogen (secondary N) is 2. The Morgan fingerprint density at radius 1 is 1.12 bits per heavy atom. The number of imidazole rings is 1. The minimum absolute atomic E-state index is 0.125. The Kier molecular flexibility index (Phi) is 5.48. The van der Waals surface area contributed by atoms with Crippen LogP contribution in [0.3, 0.4) is 0 Å². The molecular weight excluding hydrogens is 423 g/mol. The third kappa shape index (κ3) is 4.55. The lowest BCUT2D eigenvalue weighted by molar-refractivity contribution is -0.118. The number of nitrogens with zero attached hydrogens (tertiary/aromatic N) is 2. The number of H-pyrrole nitrogens is 1. The summed E-state index contributed by atoms with van der Waals surface area (Å²) >= 11 is 0. The summed E-state index contributed by atoms with van der Waals surface area (Å²) in [6.07, 6.45) is 1.45. The number of hydrogen-bond donors (Lipinski definition) is 2. The van der Waals surface area contributed by atoms with Crippen molar-refractivity contribution in [1.29, 1.82) is 0 Å². The van der Waals surface area contributed by atoms with E-state index in [1.54, 1.807) is 47.4 Å². The van der Waals surface area contributed by atoms with Crippen LogP contribution in [0.5, 0.6) is 5.75 Å². The van der Waals surface area contributed by atoms with Gasteiger partial charge in [0.2, 0.25) is 5.91 Å². The Bertz CT molecular complexity index is 1330. The third-order valence-electron chi connectivity index (χ3n) is 5.46. The summed E-state index contributed by atoms with van der Waals surface area (Å²) in [7, 11) is 0. The van der Waals surface area contributed by atoms with Crippen molar-refractivity contribution >= 4 is 34.2 Å². The van der Waals surface area contributed by atoms with Crippen LogP contribution in [0.25, 0.3) is 22.4 Å². The van der Waals surface area contributed by atoms with Gasteiger partial charge in [0.15, 0.2) is 6.61 Å². The summed E-state index contributed by atoms with van der Waals surface area (Å²) in [5, 5.41) is 2.80. The topological polar surface area (TPSA) is 87.3 Å². The molecule has 7 nitrogen and oxygen atoms in total. The van der Waals surface area contributed by atoms with E-state index in [9.17, 15) is 14.0 Å². The van der Waals surface area contributed by atoms with Crippen LogP contribution in [-0.2, 0) is 9.59 Å². The van der Waals surface area contributed by atoms with Gasteiger partial charge in [-0.25, -0.2) is 9.37 Å². The van der Waals surface area contributed by atoms with E-state index in [1.807, 2.05) is 12.1 Å². The maximum absolute atomic E-state index is 13.5. The molecule has 1 aromatic heterocycles. The zero-order valence-electron chi connectivity index (χ0n) is 17.7. The Hall–Kier alpha value is -4.20. The number of carbonyl (C=O) groups excluding carboxylic acids is 2. The van der Waals surface area contributed by atoms with Gasteiger partial charge in [0, 0.05) is 29.9 Å². The maximum Gasteiger partial charge on any atom is 0.262 e. The quantitative estimate of drug-likeness (QED) is 0.458. The Morgan fingerprint density at radius 2 is 1.97 bits per heavy atom. The highest BCUT2D eigenvalue weighted by molar-refractivity contribution is 5.95. The molecule has 166 valence electrons. The van der Waals surface area contributed by atoms with E-state index in [2.05, 4.69) is 15.3 Å². The van der Waals surface area contributed by atoms with Crippen molar-refractivity contribution in [2.45, 2.75) is 12.8 Å². The maximum atomic E-state index is 13.5. The second kappa shape index (κ2) is 8.74. The van der Waals surface area contributed by atoms with Crippen molar-refractivity contribution < 1.29 is 18.7 Å². The molecule has 2 N–H and O–H groups in total. The first-order valence-electron chi connectivity index (χ1n) is 10.6. The summed E-state index contributed by atoms with van der Waals surface area (Å²) in [5.41, 5.74) is 3.50. The fourth-order valence-electron chi connectivity index (χ4n) is 3.85. The molecule has 3 aromatic carbocycles. The number of benzene rings is 3. The van der Waals surface area contributed by atoms with Gasteiger partial charge in [0.1, 0.15) is 17.4 Å². The van der Waals surface area contributed by atoms with Crippen LogP contribution in [0, 0.1) is 5.82 Å². The number of ether oxygens (including phenoxy) is 1. The number of rotatable bonds is 6. The first kappa shape index (κ1) is 20.7. The lowest BCUT2D eigenvalue weighted by atomic mass is 10.2. The van der Waals surface area contributed by atoms with E-state index in [-0.39, 0.29) is 24.2 Å². The molecule has 2 amide bonds. The number of aromatic nitrogens is 2. The molecule has 8 heteroatoms. The van der Waals surface area contributed by atoms with Gasteiger partial charge in [-0.05, 0) is 61.0 Å². The number of fused-ring (bicyclic) bond motifs is 1. The fraction of sp³-hybridized carbons (Fsp3) is 0.160. The van der Waals surface area contributed by atoms with Gasteiger partial charge in [-0.2, -0.15) is 0 Å². The molecule has 0 spiro atoms. The summed E-state index contributed by atoms with van der Waals surface area (Å²) in [6.45, 7) is 0.573. The molecule has 1 aliphatic heterocycles. The van der Waals surface area contributed by atoms with Crippen molar-refractivity contribution in [3.8, 4) is 17.1 Å². The molecule has 1 saturated heterocycles. The van der Waals surface area contributed by atoms with Crippen molar-refractivity contribution in [2.24, 2.45) is 0 Å². The Labute approximate surface area is 189 Å². The highest BCUT2D eigenvalue weighted by Gasteiger charge is 2.21. The Balaban J connectivity index is 1.20. The average molecular weight is 444 g/mol. The number of amides is 2. The predicted molar refractivity (Wildman–Crippen MR) is 124 cm³/mol. The van der Waals surface area contributed by atoms with Gasteiger partial charge in [0.25, 0.3) is 5.91 Å². The van der Waals surface area contributed by atoms with Crippen LogP contribution in [-0.4, -0.2) is 34.9 Å². The van der Waals surface area contributed by atoms with Crippen molar-refractivity contribution in [3.05, 3.63) is 72.5 Å². The number of carbonyl (C=O) groups is 2. The lowest BCUT2D eigenvalue weighted by Crippen LogP contribution is -2.23. The zero-order chi connectivity index (χ0) is 22.8. The highest BCUT2D eigenvalue weighted by atomic mass is 19.1. The SMILES string of the molecule is O=C(COc1ccc(N2CCCC2=O)cc1)Nc1ccc2nc(-c3cccc(F)c3)[nH]c2c1. The summed E-state index contributed by atoms with van der Waals surface area (Å²) in [6, 6.07) is 18.6. The number of hydrogen-bond acceptors (Lipinski definition) is 4. The largest absolute Gasteiger partial charge is 0.484 e. The summed E-state index contributed by atoms with van der Waals surface area (Å²) in [5.74, 6) is 0.582. The van der Waals surface area contributed by atoms with Crippen LogP contribution in [0.2, 0.25) is 0 Å². The van der Waals surface area contributed by atoms with Crippen LogP contribution in [0.1, 0.15) is 12.8 Å². The van der Waals surface area contributed by atoms with Gasteiger partial charge in [0.05, 0.1) is 11.0 Å². The smallest absolute Gasteiger partial charge is 0.262 e. The minimum atomic E-state index is -0.333. The van der Waals surface area contributed by atoms with Gasteiger partial charge >= 0.3 is 0 Å². The van der Waals surface area contributed by atoms with E-state index in [0.717, 1.165) is 24.2 Å². The molecule has 2 heterocycles. The second-order valence-corrected chi connectivity index (χ2v) is 7.81. The molecule has 0 radical (unpaired) electrons. The first-order valence-corrected chi connectivity index (χ1v) is 10.6. The lowest BCUT2D eigenvalue weighted by Gasteiger charge is -2.16. The van der Waals surface area contributed by atoms with Crippen molar-refractivity contribution in [1.82, 2.24) is 9.97 Å². The standard InChI is InChI=1S/C25H21FN4O3/c26-17-4-1-3-16(13-17)25-28-21-11-6-18(14-22(21)29-25)27-23(31)15-33-20-9-7-19(8-10-20)30-12-2-5-24(30)32/h1,3-4,6-11,13-14H,2,5,12,15H2,(H,27,31)(H,28,29). The Morgan fingerprint density at radius 3 is 2.73 bits per heavy atom. The van der Waals surface area contributed by atoms with Crippen LogP contribution < -0.4 is 15.0 Å². The predicted octanol–water partition coefficient (Wildman–Crippen LogP) is 4.51. The molecule has 0 aliphatic carbocycles. The average Bonchev–Trinajstić information content (AvgIpc) is 3.44. The number of halogens is 1. The van der Waals surface area contributed by atoms with E-state index < -0.39 is 0 Å². The third-order valence-corrected chi connectivity index (χ3v) is 5.46. The molecule has 1 fully saturated rings. The normalized spacial score (nSPS) is 13.5. The number of aromatic amines is 1. The summed E-state index contributed by atoms with van der Waals surface area (Å²) < 4.78 is 19.1. The van der Waals surface area contributed by atoms with Gasteiger partial charge in [-0.1, -0.05) is 12.1 Å². The highest BCUT2D eigenvalue weighted by Crippen LogP contribution is 2.25. The summed E-state index contributed by atoms with van der Waals surface area (Å²) in [4.78, 5) is 33.6. The number of anilines is 2. The molecule has 4 aromatic rings. The molecular formula is C25H21FN4O3. The molecule has 5 rings (SSSR count). The minimum Gasteiger partial charge on any atom is -0.484 e. The molecule has 0 saturated carbocycles. The molecule has 0 unspecified atom stereocenters. The van der Waals surface area contributed by atoms with E-state index >= 15 is 0 Å². The molecule has 33 heavy (non-hydrogen) atoms. The van der Waals surface area contributed by atoms with Crippen molar-refractivity contribution in [3.63, 3.8) is 0 Å². The monoisotopic (exact) mass is 444 g/mol. The van der Waals surface area contributed by atoms with Crippen LogP contribution >= 0.6 is 0 Å². The first-order chi connectivity index (χ1) is 16.0. The van der Waals surface area contributed by atoms with Gasteiger partial charge in [-0.15, -0.1) is 0 Å². The molecule has 0 bridgehead atoms. The molecule has 1 aliphatic rings. The van der Waals surface area contributed by atoms with E-state index in [0.29, 0.717) is 34.8 Å².